The molecule has 0 aliphatic rings. The van der Waals surface area contributed by atoms with Gasteiger partial charge in [-0.05, 0) is 18.2 Å². The smallest absolute Gasteiger partial charge is 0.272 e. The van der Waals surface area contributed by atoms with Gasteiger partial charge in [-0.1, -0.05) is 19.9 Å². The highest BCUT2D eigenvalue weighted by molar-refractivity contribution is 5.92. The predicted molar refractivity (Wildman–Crippen MR) is 81.0 cm³/mol. The fraction of sp³-hybridized carbons (Fsp3) is 0.375. The molecular formula is C16H20N4O. The van der Waals surface area contributed by atoms with E-state index in [0.717, 1.165) is 12.1 Å². The van der Waals surface area contributed by atoms with Crippen LogP contribution in [0.1, 0.15) is 41.8 Å². The Morgan fingerprint density at radius 1 is 1.19 bits per heavy atom. The number of rotatable bonds is 5. The zero-order chi connectivity index (χ0) is 15.2. The molecule has 0 atom stereocenters. The third kappa shape index (κ3) is 4.08. The van der Waals surface area contributed by atoms with Gasteiger partial charge in [-0.15, -0.1) is 0 Å². The van der Waals surface area contributed by atoms with Crippen molar-refractivity contribution in [3.63, 3.8) is 0 Å². The van der Waals surface area contributed by atoms with Crippen LogP contribution in [-0.4, -0.2) is 39.4 Å². The molecule has 2 heterocycles. The molecule has 5 nitrogen and oxygen atoms in total. The minimum Gasteiger partial charge on any atom is -0.340 e. The Balaban J connectivity index is 2.00. The van der Waals surface area contributed by atoms with E-state index in [1.54, 1.807) is 30.4 Å². The van der Waals surface area contributed by atoms with E-state index < -0.39 is 0 Å². The van der Waals surface area contributed by atoms with Crippen molar-refractivity contribution in [2.45, 2.75) is 26.2 Å². The van der Waals surface area contributed by atoms with Gasteiger partial charge in [-0.2, -0.15) is 0 Å². The van der Waals surface area contributed by atoms with Crippen molar-refractivity contribution in [3.05, 3.63) is 53.9 Å². The summed E-state index contributed by atoms with van der Waals surface area (Å²) in [5.41, 5.74) is 1.42. The fourth-order valence-corrected chi connectivity index (χ4v) is 1.90. The van der Waals surface area contributed by atoms with Crippen molar-refractivity contribution in [3.8, 4) is 0 Å². The maximum atomic E-state index is 12.4. The average Bonchev–Trinajstić information content (AvgIpc) is 2.53. The molecule has 0 aliphatic carbocycles. The third-order valence-corrected chi connectivity index (χ3v) is 3.19. The third-order valence-electron chi connectivity index (χ3n) is 3.19. The molecule has 0 radical (unpaired) electrons. The van der Waals surface area contributed by atoms with Gasteiger partial charge in [0.15, 0.2) is 0 Å². The molecule has 0 N–H and O–H groups in total. The topological polar surface area (TPSA) is 59.0 Å². The van der Waals surface area contributed by atoms with Gasteiger partial charge in [0.2, 0.25) is 0 Å². The summed E-state index contributed by atoms with van der Waals surface area (Å²) >= 11 is 0. The Kier molecular flexibility index (Phi) is 4.98. The summed E-state index contributed by atoms with van der Waals surface area (Å²) in [5.74, 6) is 0.811. The van der Waals surface area contributed by atoms with Gasteiger partial charge in [-0.3, -0.25) is 9.78 Å². The molecule has 1 amide bonds. The summed E-state index contributed by atoms with van der Waals surface area (Å²) in [5, 5.41) is 0. The summed E-state index contributed by atoms with van der Waals surface area (Å²) in [7, 11) is 1.78. The Morgan fingerprint density at radius 2 is 2.00 bits per heavy atom. The molecule has 0 saturated heterocycles. The van der Waals surface area contributed by atoms with Crippen LogP contribution in [0.15, 0.2) is 36.7 Å². The lowest BCUT2D eigenvalue weighted by Gasteiger charge is -2.17. The van der Waals surface area contributed by atoms with E-state index >= 15 is 0 Å². The molecule has 0 unspecified atom stereocenters. The van der Waals surface area contributed by atoms with Crippen LogP contribution in [0.4, 0.5) is 0 Å². The van der Waals surface area contributed by atoms with Crippen molar-refractivity contribution in [2.75, 3.05) is 13.6 Å². The Hall–Kier alpha value is -2.30. The predicted octanol–water partition coefficient (Wildman–Crippen LogP) is 2.31. The first-order valence-electron chi connectivity index (χ1n) is 7.06. The summed E-state index contributed by atoms with van der Waals surface area (Å²) in [6, 6.07) is 7.45. The lowest BCUT2D eigenvalue weighted by molar-refractivity contribution is 0.0790. The molecular weight excluding hydrogens is 264 g/mol. The number of likely N-dealkylation sites (N-methyl/N-ethyl adjacent to an activating group) is 1. The first kappa shape index (κ1) is 15.1. The summed E-state index contributed by atoms with van der Waals surface area (Å²) in [6.45, 7) is 4.62. The number of aromatic nitrogens is 3. The molecule has 5 heteroatoms. The van der Waals surface area contributed by atoms with Crippen LogP contribution in [0.2, 0.25) is 0 Å². The van der Waals surface area contributed by atoms with E-state index in [1.165, 1.54) is 0 Å². The van der Waals surface area contributed by atoms with Gasteiger partial charge in [0, 0.05) is 44.0 Å². The summed E-state index contributed by atoms with van der Waals surface area (Å²) in [6.07, 6.45) is 4.13. The molecule has 2 aromatic heterocycles. The van der Waals surface area contributed by atoms with Gasteiger partial charge < -0.3 is 4.90 Å². The minimum absolute atomic E-state index is 0.0877. The van der Waals surface area contributed by atoms with Crippen molar-refractivity contribution in [1.82, 2.24) is 19.9 Å². The van der Waals surface area contributed by atoms with Gasteiger partial charge in [0.1, 0.15) is 11.5 Å². The average molecular weight is 284 g/mol. The molecule has 2 rings (SSSR count). The summed E-state index contributed by atoms with van der Waals surface area (Å²) < 4.78 is 0. The standard InChI is InChI=1S/C16H20N4O/c1-12(2)15-18-10-7-14(19-15)16(21)20(3)11-8-13-6-4-5-9-17-13/h4-7,9-10,12H,8,11H2,1-3H3. The van der Waals surface area contributed by atoms with Crippen molar-refractivity contribution >= 4 is 5.91 Å². The van der Waals surface area contributed by atoms with Crippen molar-refractivity contribution < 1.29 is 4.79 Å². The Labute approximate surface area is 125 Å². The molecule has 0 saturated carbocycles. The Morgan fingerprint density at radius 3 is 2.67 bits per heavy atom. The highest BCUT2D eigenvalue weighted by Gasteiger charge is 2.15. The van der Waals surface area contributed by atoms with E-state index in [4.69, 9.17) is 0 Å². The van der Waals surface area contributed by atoms with Gasteiger partial charge >= 0.3 is 0 Å². The SMILES string of the molecule is CC(C)c1nccc(C(=O)N(C)CCc2ccccn2)n1. The number of hydrogen-bond donors (Lipinski definition) is 0. The van der Waals surface area contributed by atoms with Crippen LogP contribution < -0.4 is 0 Å². The molecule has 21 heavy (non-hydrogen) atoms. The van der Waals surface area contributed by atoms with E-state index in [9.17, 15) is 4.79 Å². The van der Waals surface area contributed by atoms with Crippen LogP contribution in [0.5, 0.6) is 0 Å². The summed E-state index contributed by atoms with van der Waals surface area (Å²) in [4.78, 5) is 26.8. The van der Waals surface area contributed by atoms with Gasteiger partial charge in [0.25, 0.3) is 5.91 Å². The van der Waals surface area contributed by atoms with Gasteiger partial charge in [0.05, 0.1) is 0 Å². The van der Waals surface area contributed by atoms with Gasteiger partial charge in [-0.25, -0.2) is 9.97 Å². The quantitative estimate of drug-likeness (QED) is 0.845. The molecule has 0 bridgehead atoms. The van der Waals surface area contributed by atoms with Crippen LogP contribution in [0.25, 0.3) is 0 Å². The Bertz CT molecular complexity index is 598. The highest BCUT2D eigenvalue weighted by atomic mass is 16.2. The number of nitrogens with zero attached hydrogens (tertiary/aromatic N) is 4. The molecule has 2 aromatic rings. The molecule has 0 aromatic carbocycles. The lowest BCUT2D eigenvalue weighted by atomic mass is 10.2. The molecule has 0 aliphatic heterocycles. The first-order chi connectivity index (χ1) is 10.1. The number of amides is 1. The normalized spacial score (nSPS) is 10.7. The maximum Gasteiger partial charge on any atom is 0.272 e. The second kappa shape index (κ2) is 6.92. The molecule has 110 valence electrons. The second-order valence-corrected chi connectivity index (χ2v) is 5.25. The van der Waals surface area contributed by atoms with Crippen molar-refractivity contribution in [2.24, 2.45) is 0 Å². The van der Waals surface area contributed by atoms with E-state index in [1.807, 2.05) is 32.0 Å². The monoisotopic (exact) mass is 284 g/mol. The fourth-order valence-electron chi connectivity index (χ4n) is 1.90. The molecule has 0 fully saturated rings. The van der Waals surface area contributed by atoms with E-state index in [0.29, 0.717) is 18.1 Å². The zero-order valence-electron chi connectivity index (χ0n) is 12.7. The second-order valence-electron chi connectivity index (χ2n) is 5.25. The van der Waals surface area contributed by atoms with Crippen LogP contribution in [-0.2, 0) is 6.42 Å². The number of carbonyl (C=O) groups is 1. The number of carbonyl (C=O) groups excluding carboxylic acids is 1. The number of hydrogen-bond acceptors (Lipinski definition) is 4. The van der Waals surface area contributed by atoms with E-state index in [2.05, 4.69) is 15.0 Å². The number of pyridine rings is 1. The zero-order valence-corrected chi connectivity index (χ0v) is 12.7. The van der Waals surface area contributed by atoms with Crippen LogP contribution >= 0.6 is 0 Å². The minimum atomic E-state index is -0.0877. The lowest BCUT2D eigenvalue weighted by Crippen LogP contribution is -2.30. The largest absolute Gasteiger partial charge is 0.340 e. The maximum absolute atomic E-state index is 12.4. The highest BCUT2D eigenvalue weighted by Crippen LogP contribution is 2.09. The van der Waals surface area contributed by atoms with E-state index in [-0.39, 0.29) is 11.8 Å². The first-order valence-corrected chi connectivity index (χ1v) is 7.06. The van der Waals surface area contributed by atoms with Crippen molar-refractivity contribution in [1.29, 1.82) is 0 Å². The van der Waals surface area contributed by atoms with Crippen LogP contribution in [0.3, 0.4) is 0 Å². The molecule has 0 spiro atoms. The van der Waals surface area contributed by atoms with Crippen LogP contribution in [0, 0.1) is 0 Å².